The van der Waals surface area contributed by atoms with E-state index in [0.717, 1.165) is 19.3 Å². The van der Waals surface area contributed by atoms with Crippen LogP contribution in [0.2, 0.25) is 5.02 Å². The van der Waals surface area contributed by atoms with Crippen molar-refractivity contribution in [2.24, 2.45) is 5.73 Å². The van der Waals surface area contributed by atoms with Crippen molar-refractivity contribution in [1.29, 1.82) is 0 Å². The third kappa shape index (κ3) is 2.54. The van der Waals surface area contributed by atoms with Crippen molar-refractivity contribution in [3.63, 3.8) is 0 Å². The Hall–Kier alpha value is -1.06. The number of nitrogens with two attached hydrogens (primary N) is 1. The average molecular weight is 239 g/mol. The molecule has 0 heterocycles. The average Bonchev–Trinajstić information content (AvgIpc) is 2.64. The first-order chi connectivity index (χ1) is 7.66. The Morgan fingerprint density at radius 3 is 2.88 bits per heavy atom. The van der Waals surface area contributed by atoms with Crippen LogP contribution in [0.4, 0.5) is 0 Å². The first-order valence-electron chi connectivity index (χ1n) is 5.49. The molecule has 1 aromatic rings. The predicted octanol–water partition coefficient (Wildman–Crippen LogP) is 1.95. The normalized spacial score (nSPS) is 24.4. The van der Waals surface area contributed by atoms with Gasteiger partial charge in [-0.25, -0.2) is 0 Å². The van der Waals surface area contributed by atoms with Gasteiger partial charge in [0, 0.05) is 22.7 Å². The molecule has 2 atom stereocenters. The molecular weight excluding hydrogens is 224 g/mol. The summed E-state index contributed by atoms with van der Waals surface area (Å²) in [7, 11) is 0. The first-order valence-corrected chi connectivity index (χ1v) is 5.86. The van der Waals surface area contributed by atoms with E-state index in [0.29, 0.717) is 10.6 Å². The molecule has 1 amide bonds. The second kappa shape index (κ2) is 4.85. The van der Waals surface area contributed by atoms with Gasteiger partial charge in [-0.3, -0.25) is 4.79 Å². The zero-order valence-electron chi connectivity index (χ0n) is 8.95. The Bertz CT molecular complexity index is 394. The number of rotatable bonds is 2. The van der Waals surface area contributed by atoms with E-state index in [2.05, 4.69) is 5.32 Å². The minimum Gasteiger partial charge on any atom is -0.348 e. The van der Waals surface area contributed by atoms with E-state index in [-0.39, 0.29) is 18.0 Å². The lowest BCUT2D eigenvalue weighted by Crippen LogP contribution is -2.43. The third-order valence-corrected chi connectivity index (χ3v) is 3.21. The minimum absolute atomic E-state index is 0.0862. The molecule has 86 valence electrons. The molecule has 2 rings (SSSR count). The summed E-state index contributed by atoms with van der Waals surface area (Å²) in [6.07, 6.45) is 3.04. The molecule has 1 aromatic carbocycles. The van der Waals surface area contributed by atoms with Crippen molar-refractivity contribution < 1.29 is 4.79 Å². The van der Waals surface area contributed by atoms with Crippen LogP contribution < -0.4 is 11.1 Å². The largest absolute Gasteiger partial charge is 0.348 e. The first kappa shape index (κ1) is 11.4. The number of hydrogen-bond donors (Lipinski definition) is 2. The summed E-state index contributed by atoms with van der Waals surface area (Å²) in [5.41, 5.74) is 6.48. The number of hydrogen-bond acceptors (Lipinski definition) is 2. The van der Waals surface area contributed by atoms with Gasteiger partial charge in [0.2, 0.25) is 0 Å². The zero-order valence-corrected chi connectivity index (χ0v) is 9.70. The van der Waals surface area contributed by atoms with Crippen LogP contribution in [0.1, 0.15) is 29.6 Å². The molecule has 2 unspecified atom stereocenters. The number of carbonyl (C=O) groups is 1. The summed E-state index contributed by atoms with van der Waals surface area (Å²) in [5, 5.41) is 3.52. The molecular formula is C12H15ClN2O. The smallest absolute Gasteiger partial charge is 0.251 e. The van der Waals surface area contributed by atoms with Gasteiger partial charge in [0.25, 0.3) is 5.91 Å². The molecule has 4 heteroatoms. The second-order valence-electron chi connectivity index (χ2n) is 4.19. The van der Waals surface area contributed by atoms with E-state index >= 15 is 0 Å². The van der Waals surface area contributed by atoms with Crippen LogP contribution in [0.3, 0.4) is 0 Å². The number of nitrogens with one attached hydrogen (secondary N) is 1. The molecule has 3 N–H and O–H groups in total. The molecule has 16 heavy (non-hydrogen) atoms. The molecule has 1 aliphatic carbocycles. The maximum atomic E-state index is 11.9. The Morgan fingerprint density at radius 2 is 2.25 bits per heavy atom. The van der Waals surface area contributed by atoms with E-state index < -0.39 is 0 Å². The highest BCUT2D eigenvalue weighted by molar-refractivity contribution is 6.30. The van der Waals surface area contributed by atoms with E-state index in [1.165, 1.54) is 0 Å². The standard InChI is InChI=1S/C12H15ClN2O/c13-9-4-1-3-8(7-9)12(16)15-11-6-2-5-10(11)14/h1,3-4,7,10-11H,2,5-6,14H2,(H,15,16). The molecule has 3 nitrogen and oxygen atoms in total. The Labute approximate surface area is 100.0 Å². The Morgan fingerprint density at radius 1 is 1.44 bits per heavy atom. The van der Waals surface area contributed by atoms with E-state index in [4.69, 9.17) is 17.3 Å². The number of benzene rings is 1. The molecule has 0 spiro atoms. The van der Waals surface area contributed by atoms with Gasteiger partial charge in [-0.15, -0.1) is 0 Å². The Kier molecular flexibility index (Phi) is 3.46. The molecule has 1 aliphatic rings. The maximum Gasteiger partial charge on any atom is 0.251 e. The fourth-order valence-corrected chi connectivity index (χ4v) is 2.24. The van der Waals surface area contributed by atoms with Crippen molar-refractivity contribution in [3.05, 3.63) is 34.9 Å². The summed E-state index contributed by atoms with van der Waals surface area (Å²) in [6.45, 7) is 0. The third-order valence-electron chi connectivity index (χ3n) is 2.97. The van der Waals surface area contributed by atoms with Gasteiger partial charge in [-0.2, -0.15) is 0 Å². The Balaban J connectivity index is 2.03. The van der Waals surface area contributed by atoms with Crippen LogP contribution in [-0.4, -0.2) is 18.0 Å². The lowest BCUT2D eigenvalue weighted by atomic mass is 10.1. The van der Waals surface area contributed by atoms with Gasteiger partial charge < -0.3 is 11.1 Å². The second-order valence-corrected chi connectivity index (χ2v) is 4.62. The van der Waals surface area contributed by atoms with Crippen molar-refractivity contribution in [3.8, 4) is 0 Å². The van der Waals surface area contributed by atoms with Gasteiger partial charge in [0.05, 0.1) is 0 Å². The van der Waals surface area contributed by atoms with Gasteiger partial charge in [0.15, 0.2) is 0 Å². The summed E-state index contributed by atoms with van der Waals surface area (Å²) in [4.78, 5) is 11.9. The molecule has 0 bridgehead atoms. The zero-order chi connectivity index (χ0) is 11.5. The van der Waals surface area contributed by atoms with E-state index in [1.807, 2.05) is 0 Å². The molecule has 1 fully saturated rings. The van der Waals surface area contributed by atoms with E-state index in [9.17, 15) is 4.79 Å². The summed E-state index contributed by atoms with van der Waals surface area (Å²) in [5.74, 6) is -0.0927. The highest BCUT2D eigenvalue weighted by atomic mass is 35.5. The van der Waals surface area contributed by atoms with Gasteiger partial charge in [-0.1, -0.05) is 17.7 Å². The minimum atomic E-state index is -0.0927. The molecule has 0 radical (unpaired) electrons. The fourth-order valence-electron chi connectivity index (χ4n) is 2.05. The monoisotopic (exact) mass is 238 g/mol. The SMILES string of the molecule is NC1CCCC1NC(=O)c1cccc(Cl)c1. The summed E-state index contributed by atoms with van der Waals surface area (Å²) < 4.78 is 0. The highest BCUT2D eigenvalue weighted by Gasteiger charge is 2.25. The van der Waals surface area contributed by atoms with Gasteiger partial charge in [-0.05, 0) is 37.5 Å². The topological polar surface area (TPSA) is 55.1 Å². The van der Waals surface area contributed by atoms with Gasteiger partial charge in [0.1, 0.15) is 0 Å². The number of carbonyl (C=O) groups excluding carboxylic acids is 1. The van der Waals surface area contributed by atoms with Crippen LogP contribution in [0.5, 0.6) is 0 Å². The van der Waals surface area contributed by atoms with Crippen LogP contribution in [0.25, 0.3) is 0 Å². The summed E-state index contributed by atoms with van der Waals surface area (Å²) in [6, 6.07) is 7.12. The van der Waals surface area contributed by atoms with E-state index in [1.54, 1.807) is 24.3 Å². The van der Waals surface area contributed by atoms with Crippen molar-refractivity contribution in [1.82, 2.24) is 5.32 Å². The number of halogens is 1. The van der Waals surface area contributed by atoms with Crippen molar-refractivity contribution in [2.45, 2.75) is 31.3 Å². The molecule has 1 saturated carbocycles. The molecule has 0 aromatic heterocycles. The van der Waals surface area contributed by atoms with Crippen LogP contribution in [0.15, 0.2) is 24.3 Å². The van der Waals surface area contributed by atoms with Crippen molar-refractivity contribution >= 4 is 17.5 Å². The summed E-state index contributed by atoms with van der Waals surface area (Å²) >= 11 is 5.83. The molecule has 0 aliphatic heterocycles. The lowest BCUT2D eigenvalue weighted by molar-refractivity contribution is 0.0934. The number of amides is 1. The van der Waals surface area contributed by atoms with Gasteiger partial charge >= 0.3 is 0 Å². The molecule has 0 saturated heterocycles. The van der Waals surface area contributed by atoms with Crippen LogP contribution in [0, 0.1) is 0 Å². The highest BCUT2D eigenvalue weighted by Crippen LogP contribution is 2.18. The lowest BCUT2D eigenvalue weighted by Gasteiger charge is -2.17. The predicted molar refractivity (Wildman–Crippen MR) is 64.5 cm³/mol. The van der Waals surface area contributed by atoms with Crippen LogP contribution in [-0.2, 0) is 0 Å². The van der Waals surface area contributed by atoms with Crippen LogP contribution >= 0.6 is 11.6 Å². The fraction of sp³-hybridized carbons (Fsp3) is 0.417. The van der Waals surface area contributed by atoms with Crippen molar-refractivity contribution in [2.75, 3.05) is 0 Å². The maximum absolute atomic E-state index is 11.9. The quantitative estimate of drug-likeness (QED) is 0.828.